The van der Waals surface area contributed by atoms with Gasteiger partial charge in [0.25, 0.3) is 0 Å². The van der Waals surface area contributed by atoms with E-state index in [1.54, 1.807) is 6.92 Å². The topological polar surface area (TPSA) is 143 Å². The van der Waals surface area contributed by atoms with Crippen LogP contribution in [0.15, 0.2) is 12.3 Å². The molecular weight excluding hydrogens is 352 g/mol. The summed E-state index contributed by atoms with van der Waals surface area (Å²) in [6, 6.07) is 1.18. The van der Waals surface area contributed by atoms with Gasteiger partial charge in [0.2, 0.25) is 5.95 Å². The minimum Gasteiger partial charge on any atom is -0.368 e. The van der Waals surface area contributed by atoms with Gasteiger partial charge in [-0.25, -0.2) is 18.9 Å². The number of aromatic nitrogens is 3. The molecule has 9 nitrogen and oxygen atoms in total. The lowest BCUT2D eigenvalue weighted by Gasteiger charge is -2.31. The third-order valence-electron chi connectivity index (χ3n) is 3.57. The van der Waals surface area contributed by atoms with E-state index in [-0.39, 0.29) is 23.9 Å². The van der Waals surface area contributed by atoms with Gasteiger partial charge in [0.15, 0.2) is 5.82 Å². The van der Waals surface area contributed by atoms with Gasteiger partial charge in [0.05, 0.1) is 23.9 Å². The Morgan fingerprint density at radius 1 is 1.44 bits per heavy atom. The van der Waals surface area contributed by atoms with Crippen LogP contribution in [-0.2, 0) is 9.09 Å². The third kappa shape index (κ3) is 5.57. The second-order valence-corrected chi connectivity index (χ2v) is 7.24. The van der Waals surface area contributed by atoms with Crippen LogP contribution >= 0.6 is 7.82 Å². The molecule has 138 valence electrons. The van der Waals surface area contributed by atoms with Crippen molar-refractivity contribution in [3.8, 4) is 0 Å². The Balaban J connectivity index is 2.37. The van der Waals surface area contributed by atoms with E-state index >= 15 is 0 Å². The molecule has 25 heavy (non-hydrogen) atoms. The molecule has 2 rings (SSSR count). The molecule has 0 fully saturated rings. The summed E-state index contributed by atoms with van der Waals surface area (Å²) in [5.41, 5.74) is 5.35. The second kappa shape index (κ2) is 7.57. The number of halogens is 1. The molecule has 2 aromatic rings. The molecule has 0 aliphatic heterocycles. The van der Waals surface area contributed by atoms with Gasteiger partial charge in [-0.15, -0.1) is 0 Å². The van der Waals surface area contributed by atoms with Gasteiger partial charge < -0.3 is 20.8 Å². The van der Waals surface area contributed by atoms with Crippen molar-refractivity contribution in [1.82, 2.24) is 15.0 Å². The highest BCUT2D eigenvalue weighted by Gasteiger charge is 2.29. The Morgan fingerprint density at radius 2 is 2.16 bits per heavy atom. The fraction of sp³-hybridized carbons (Fsp3) is 0.500. The number of anilines is 2. The van der Waals surface area contributed by atoms with Crippen LogP contribution in [0.4, 0.5) is 16.2 Å². The molecule has 0 bridgehead atoms. The van der Waals surface area contributed by atoms with E-state index in [1.807, 2.05) is 6.92 Å². The molecule has 0 radical (unpaired) electrons. The van der Waals surface area contributed by atoms with Gasteiger partial charge in [-0.1, -0.05) is 19.8 Å². The summed E-state index contributed by atoms with van der Waals surface area (Å²) in [5, 5.41) is 3.08. The third-order valence-corrected chi connectivity index (χ3v) is 4.04. The Bertz CT molecular complexity index is 797. The van der Waals surface area contributed by atoms with Crippen LogP contribution in [0.3, 0.4) is 0 Å². The van der Waals surface area contributed by atoms with Crippen LogP contribution in [0.2, 0.25) is 0 Å². The SMILES string of the molecule is CCCC[C@](C)(COP(=O)(O)O)Nc1nc(N)nc2cc(F)cnc12. The molecule has 11 heteroatoms. The summed E-state index contributed by atoms with van der Waals surface area (Å²) in [5.74, 6) is -0.387. The van der Waals surface area contributed by atoms with Gasteiger partial charge >= 0.3 is 7.82 Å². The number of fused-ring (bicyclic) bond motifs is 1. The zero-order valence-electron chi connectivity index (χ0n) is 13.9. The van der Waals surface area contributed by atoms with Crippen molar-refractivity contribution in [1.29, 1.82) is 0 Å². The molecular formula is C14H21FN5O4P. The highest BCUT2D eigenvalue weighted by Crippen LogP contribution is 2.38. The molecule has 0 aromatic carbocycles. The van der Waals surface area contributed by atoms with Crippen LogP contribution in [0.5, 0.6) is 0 Å². The van der Waals surface area contributed by atoms with Crippen LogP contribution in [0, 0.1) is 5.82 Å². The summed E-state index contributed by atoms with van der Waals surface area (Å²) in [6.45, 7) is 3.47. The number of hydrogen-bond acceptors (Lipinski definition) is 7. The lowest BCUT2D eigenvalue weighted by molar-refractivity contribution is 0.161. The Kier molecular flexibility index (Phi) is 5.89. The van der Waals surface area contributed by atoms with Crippen LogP contribution in [-0.4, -0.2) is 36.9 Å². The number of hydrogen-bond donors (Lipinski definition) is 4. The van der Waals surface area contributed by atoms with Crippen molar-refractivity contribution in [2.24, 2.45) is 0 Å². The normalized spacial score (nSPS) is 14.4. The highest BCUT2D eigenvalue weighted by molar-refractivity contribution is 7.46. The number of nitrogens with one attached hydrogen (secondary N) is 1. The molecule has 0 aliphatic carbocycles. The number of pyridine rings is 1. The summed E-state index contributed by atoms with van der Waals surface area (Å²) in [4.78, 5) is 30.0. The smallest absolute Gasteiger partial charge is 0.368 e. The number of rotatable bonds is 8. The lowest BCUT2D eigenvalue weighted by atomic mass is 9.96. The number of phosphoric ester groups is 1. The van der Waals surface area contributed by atoms with Crippen LogP contribution < -0.4 is 11.1 Å². The van der Waals surface area contributed by atoms with Crippen molar-refractivity contribution in [2.45, 2.75) is 38.6 Å². The molecule has 0 unspecified atom stereocenters. The molecule has 1 atom stereocenters. The molecule has 0 amide bonds. The number of unbranched alkanes of at least 4 members (excludes halogenated alkanes) is 1. The van der Waals surface area contributed by atoms with Crippen LogP contribution in [0.25, 0.3) is 11.0 Å². The number of nitrogens with zero attached hydrogens (tertiary/aromatic N) is 3. The average molecular weight is 373 g/mol. The van der Waals surface area contributed by atoms with Crippen LogP contribution in [0.1, 0.15) is 33.1 Å². The first-order valence-corrected chi connectivity index (χ1v) is 9.22. The largest absolute Gasteiger partial charge is 0.469 e. The van der Waals surface area contributed by atoms with Crippen molar-refractivity contribution in [3.63, 3.8) is 0 Å². The van der Waals surface area contributed by atoms with E-state index in [1.165, 1.54) is 6.07 Å². The Morgan fingerprint density at radius 3 is 2.80 bits per heavy atom. The summed E-state index contributed by atoms with van der Waals surface area (Å²) >= 11 is 0. The van der Waals surface area contributed by atoms with Gasteiger partial charge in [0.1, 0.15) is 11.3 Å². The molecule has 2 heterocycles. The zero-order chi connectivity index (χ0) is 18.7. The maximum absolute atomic E-state index is 13.4. The number of phosphoric acid groups is 1. The van der Waals surface area contributed by atoms with E-state index in [4.69, 9.17) is 15.5 Å². The van der Waals surface area contributed by atoms with E-state index in [0.717, 1.165) is 19.0 Å². The van der Waals surface area contributed by atoms with Gasteiger partial charge in [-0.05, 0) is 13.3 Å². The fourth-order valence-corrected chi connectivity index (χ4v) is 2.80. The van der Waals surface area contributed by atoms with E-state index < -0.39 is 19.2 Å². The minimum atomic E-state index is -4.63. The van der Waals surface area contributed by atoms with Gasteiger partial charge in [-0.3, -0.25) is 4.52 Å². The predicted octanol–water partition coefficient (Wildman–Crippen LogP) is 2.22. The summed E-state index contributed by atoms with van der Waals surface area (Å²) in [6.07, 6.45) is 3.25. The van der Waals surface area contributed by atoms with E-state index in [0.29, 0.717) is 11.9 Å². The Hall–Kier alpha value is -1.87. The monoisotopic (exact) mass is 373 g/mol. The van der Waals surface area contributed by atoms with Gasteiger partial charge in [0, 0.05) is 6.07 Å². The molecule has 0 saturated heterocycles. The quantitative estimate of drug-likeness (QED) is 0.512. The molecule has 2 aromatic heterocycles. The molecule has 5 N–H and O–H groups in total. The number of nitrogen functional groups attached to an aromatic ring is 1. The number of nitrogens with two attached hydrogens (primary N) is 1. The first kappa shape index (κ1) is 19.5. The van der Waals surface area contributed by atoms with Gasteiger partial charge in [-0.2, -0.15) is 4.98 Å². The minimum absolute atomic E-state index is 0.0730. The fourth-order valence-electron chi connectivity index (χ4n) is 2.35. The van der Waals surface area contributed by atoms with Crippen molar-refractivity contribution in [2.75, 3.05) is 17.7 Å². The summed E-state index contributed by atoms with van der Waals surface area (Å²) in [7, 11) is -4.63. The predicted molar refractivity (Wildman–Crippen MR) is 91.3 cm³/mol. The second-order valence-electron chi connectivity index (χ2n) is 6.00. The van der Waals surface area contributed by atoms with Crippen molar-refractivity contribution >= 4 is 30.6 Å². The molecule has 0 aliphatic rings. The first-order valence-electron chi connectivity index (χ1n) is 7.69. The van der Waals surface area contributed by atoms with E-state index in [9.17, 15) is 8.96 Å². The van der Waals surface area contributed by atoms with Crippen molar-refractivity contribution in [3.05, 3.63) is 18.1 Å². The maximum atomic E-state index is 13.4. The van der Waals surface area contributed by atoms with E-state index in [2.05, 4.69) is 24.8 Å². The lowest BCUT2D eigenvalue weighted by Crippen LogP contribution is -2.40. The first-order chi connectivity index (χ1) is 11.6. The summed E-state index contributed by atoms with van der Waals surface area (Å²) < 4.78 is 29.1. The van der Waals surface area contributed by atoms with Crippen molar-refractivity contribution < 1.29 is 23.3 Å². The zero-order valence-corrected chi connectivity index (χ0v) is 14.8. The average Bonchev–Trinajstić information content (AvgIpc) is 2.50. The standard InChI is InChI=1S/C14H21FN5O4P/c1-3-4-5-14(2,8-24-25(21,22)23)20-12-11-10(18-13(16)19-12)6-9(15)7-17-11/h6-7H,3-5,8H2,1-2H3,(H2,21,22,23)(H3,16,18,19,20)/t14-/m1/s1. The molecule has 0 saturated carbocycles. The molecule has 0 spiro atoms. The maximum Gasteiger partial charge on any atom is 0.469 e. The Labute approximate surface area is 144 Å². The highest BCUT2D eigenvalue weighted by atomic mass is 31.2.